The minimum atomic E-state index is -0.187. The third kappa shape index (κ3) is 7.16. The molecule has 0 aromatic rings. The van der Waals surface area contributed by atoms with Crippen molar-refractivity contribution in [3.63, 3.8) is 0 Å². The summed E-state index contributed by atoms with van der Waals surface area (Å²) in [5, 5.41) is 6.38. The Morgan fingerprint density at radius 1 is 1.55 bits per heavy atom. The zero-order valence-corrected chi connectivity index (χ0v) is 7.55. The van der Waals surface area contributed by atoms with Crippen molar-refractivity contribution in [3.8, 4) is 0 Å². The normalized spacial score (nSPS) is 9.82. The SMILES string of the molecule is CC[N]C(=O)NCCC(C)C. The summed E-state index contributed by atoms with van der Waals surface area (Å²) in [6, 6.07) is -0.187. The van der Waals surface area contributed by atoms with Crippen molar-refractivity contribution in [2.45, 2.75) is 27.2 Å². The van der Waals surface area contributed by atoms with Crippen molar-refractivity contribution in [2.75, 3.05) is 13.1 Å². The van der Waals surface area contributed by atoms with Crippen LogP contribution in [0.5, 0.6) is 0 Å². The third-order valence-corrected chi connectivity index (χ3v) is 1.30. The molecule has 0 bridgehead atoms. The fraction of sp³-hybridized carbons (Fsp3) is 0.875. The molecule has 1 N–H and O–H groups in total. The number of nitrogens with zero attached hydrogens (tertiary/aromatic N) is 1. The van der Waals surface area contributed by atoms with Gasteiger partial charge in [0.1, 0.15) is 0 Å². The van der Waals surface area contributed by atoms with E-state index in [0.29, 0.717) is 12.5 Å². The second-order valence-electron chi connectivity index (χ2n) is 2.89. The average molecular weight is 157 g/mol. The lowest BCUT2D eigenvalue weighted by Crippen LogP contribution is -2.31. The van der Waals surface area contributed by atoms with Crippen LogP contribution in [-0.4, -0.2) is 19.1 Å². The largest absolute Gasteiger partial charge is 0.337 e. The Kier molecular flexibility index (Phi) is 5.61. The molecule has 0 heterocycles. The lowest BCUT2D eigenvalue weighted by Gasteiger charge is -2.05. The van der Waals surface area contributed by atoms with Crippen molar-refractivity contribution in [3.05, 3.63) is 0 Å². The standard InChI is InChI=1S/C8H17N2O/c1-4-9-8(11)10-6-5-7(2)3/h7H,4-6H2,1-3H3,(H,10,11). The van der Waals surface area contributed by atoms with Gasteiger partial charge in [0.25, 0.3) is 0 Å². The van der Waals surface area contributed by atoms with Crippen LogP contribution in [0.4, 0.5) is 4.79 Å². The molecule has 1 radical (unpaired) electrons. The summed E-state index contributed by atoms with van der Waals surface area (Å²) in [6.07, 6.45) is 1.02. The Hall–Kier alpha value is -0.730. The summed E-state index contributed by atoms with van der Waals surface area (Å²) >= 11 is 0. The summed E-state index contributed by atoms with van der Waals surface area (Å²) in [4.78, 5) is 10.7. The predicted octanol–water partition coefficient (Wildman–Crippen LogP) is 1.37. The third-order valence-electron chi connectivity index (χ3n) is 1.30. The Bertz CT molecular complexity index is 113. The molecule has 0 spiro atoms. The molecule has 0 aliphatic rings. The monoisotopic (exact) mass is 157 g/mol. The average Bonchev–Trinajstić information content (AvgIpc) is 1.87. The van der Waals surface area contributed by atoms with Crippen molar-refractivity contribution in [1.29, 1.82) is 0 Å². The second-order valence-corrected chi connectivity index (χ2v) is 2.89. The van der Waals surface area contributed by atoms with Gasteiger partial charge in [-0.05, 0) is 19.3 Å². The molecule has 0 saturated heterocycles. The summed E-state index contributed by atoms with van der Waals surface area (Å²) in [5.41, 5.74) is 0. The summed E-state index contributed by atoms with van der Waals surface area (Å²) in [7, 11) is 0. The smallest absolute Gasteiger partial charge is 0.336 e. The molecule has 0 fully saturated rings. The maximum absolute atomic E-state index is 10.7. The van der Waals surface area contributed by atoms with E-state index in [0.717, 1.165) is 13.0 Å². The van der Waals surface area contributed by atoms with Crippen LogP contribution in [0.2, 0.25) is 0 Å². The number of amides is 2. The summed E-state index contributed by atoms with van der Waals surface area (Å²) < 4.78 is 0. The molecule has 0 atom stereocenters. The van der Waals surface area contributed by atoms with Crippen LogP contribution in [0.25, 0.3) is 0 Å². The first kappa shape index (κ1) is 10.3. The highest BCUT2D eigenvalue weighted by molar-refractivity contribution is 5.73. The van der Waals surface area contributed by atoms with Gasteiger partial charge in [-0.3, -0.25) is 0 Å². The number of hydrogen-bond donors (Lipinski definition) is 1. The quantitative estimate of drug-likeness (QED) is 0.658. The van der Waals surface area contributed by atoms with Gasteiger partial charge >= 0.3 is 6.03 Å². The molecule has 0 aliphatic carbocycles. The van der Waals surface area contributed by atoms with E-state index in [1.54, 1.807) is 0 Å². The predicted molar refractivity (Wildman–Crippen MR) is 45.5 cm³/mol. The Morgan fingerprint density at radius 2 is 2.18 bits per heavy atom. The first-order valence-corrected chi connectivity index (χ1v) is 4.12. The van der Waals surface area contributed by atoms with E-state index in [2.05, 4.69) is 24.5 Å². The lowest BCUT2D eigenvalue weighted by molar-refractivity contribution is 0.240. The number of urea groups is 1. The highest BCUT2D eigenvalue weighted by atomic mass is 16.2. The second kappa shape index (κ2) is 6.01. The van der Waals surface area contributed by atoms with E-state index in [4.69, 9.17) is 0 Å². The minimum absolute atomic E-state index is 0.187. The van der Waals surface area contributed by atoms with Crippen molar-refractivity contribution in [2.24, 2.45) is 5.92 Å². The molecule has 0 unspecified atom stereocenters. The summed E-state index contributed by atoms with van der Waals surface area (Å²) in [5.74, 6) is 0.636. The van der Waals surface area contributed by atoms with Crippen LogP contribution in [0.1, 0.15) is 27.2 Å². The van der Waals surface area contributed by atoms with Crippen molar-refractivity contribution >= 4 is 6.03 Å². The van der Waals surface area contributed by atoms with E-state index < -0.39 is 0 Å². The molecule has 0 saturated carbocycles. The van der Waals surface area contributed by atoms with Crippen LogP contribution < -0.4 is 10.6 Å². The first-order chi connectivity index (χ1) is 5.16. The maximum atomic E-state index is 10.7. The van der Waals surface area contributed by atoms with Crippen LogP contribution in [0, 0.1) is 5.92 Å². The molecule has 3 heteroatoms. The Labute approximate surface area is 68.6 Å². The molecular weight excluding hydrogens is 140 g/mol. The Balaban J connectivity index is 3.17. The van der Waals surface area contributed by atoms with Gasteiger partial charge in [-0.2, -0.15) is 0 Å². The minimum Gasteiger partial charge on any atom is -0.337 e. The number of carbonyl (C=O) groups is 1. The van der Waals surface area contributed by atoms with Gasteiger partial charge in [-0.25, -0.2) is 10.1 Å². The number of carbonyl (C=O) groups excluding carboxylic acids is 1. The summed E-state index contributed by atoms with van der Waals surface area (Å²) in [6.45, 7) is 7.40. The van der Waals surface area contributed by atoms with E-state index in [9.17, 15) is 4.79 Å². The highest BCUT2D eigenvalue weighted by Crippen LogP contribution is 1.95. The topological polar surface area (TPSA) is 43.2 Å². The fourth-order valence-electron chi connectivity index (χ4n) is 0.667. The number of rotatable bonds is 4. The number of nitrogens with one attached hydrogen (secondary N) is 1. The zero-order valence-electron chi connectivity index (χ0n) is 7.55. The number of hydrogen-bond acceptors (Lipinski definition) is 1. The van der Waals surface area contributed by atoms with Crippen molar-refractivity contribution in [1.82, 2.24) is 10.6 Å². The van der Waals surface area contributed by atoms with Crippen LogP contribution in [0.3, 0.4) is 0 Å². The van der Waals surface area contributed by atoms with Gasteiger partial charge in [0.15, 0.2) is 0 Å². The molecule has 0 aliphatic heterocycles. The van der Waals surface area contributed by atoms with Gasteiger partial charge in [0, 0.05) is 13.1 Å². The molecule has 11 heavy (non-hydrogen) atoms. The van der Waals surface area contributed by atoms with Gasteiger partial charge in [0.2, 0.25) is 0 Å². The van der Waals surface area contributed by atoms with E-state index in [-0.39, 0.29) is 6.03 Å². The lowest BCUT2D eigenvalue weighted by atomic mass is 10.1. The molecule has 2 amide bonds. The molecule has 0 rings (SSSR count). The molecule has 65 valence electrons. The molecule has 0 aromatic heterocycles. The molecule has 3 nitrogen and oxygen atoms in total. The van der Waals surface area contributed by atoms with E-state index in [1.165, 1.54) is 0 Å². The van der Waals surface area contributed by atoms with Gasteiger partial charge < -0.3 is 5.32 Å². The van der Waals surface area contributed by atoms with Gasteiger partial charge in [-0.1, -0.05) is 13.8 Å². The van der Waals surface area contributed by atoms with Crippen LogP contribution in [-0.2, 0) is 0 Å². The van der Waals surface area contributed by atoms with Crippen LogP contribution in [0.15, 0.2) is 0 Å². The van der Waals surface area contributed by atoms with Crippen LogP contribution >= 0.6 is 0 Å². The fourth-order valence-corrected chi connectivity index (χ4v) is 0.667. The highest BCUT2D eigenvalue weighted by Gasteiger charge is 1.98. The Morgan fingerprint density at radius 3 is 2.64 bits per heavy atom. The first-order valence-electron chi connectivity index (χ1n) is 4.12. The molecular formula is C8H17N2O. The molecule has 0 aromatic carbocycles. The zero-order chi connectivity index (χ0) is 8.69. The van der Waals surface area contributed by atoms with Gasteiger partial charge in [-0.15, -0.1) is 0 Å². The maximum Gasteiger partial charge on any atom is 0.336 e. The van der Waals surface area contributed by atoms with Gasteiger partial charge in [0.05, 0.1) is 0 Å². The van der Waals surface area contributed by atoms with E-state index in [1.807, 2.05) is 6.92 Å². The van der Waals surface area contributed by atoms with E-state index >= 15 is 0 Å². The van der Waals surface area contributed by atoms with Crippen molar-refractivity contribution < 1.29 is 4.79 Å².